The Morgan fingerprint density at radius 2 is 2.25 bits per heavy atom. The van der Waals surface area contributed by atoms with Crippen molar-refractivity contribution in [3.05, 3.63) is 12.2 Å². The van der Waals surface area contributed by atoms with Gasteiger partial charge in [-0.25, -0.2) is 0 Å². The minimum atomic E-state index is -0.528. The van der Waals surface area contributed by atoms with Crippen LogP contribution in [0.1, 0.15) is 13.3 Å². The van der Waals surface area contributed by atoms with Crippen molar-refractivity contribution in [2.45, 2.75) is 19.4 Å². The molecule has 1 atom stereocenters. The quantitative estimate of drug-likeness (QED) is 0.521. The normalized spacial score (nSPS) is 13.4. The summed E-state index contributed by atoms with van der Waals surface area (Å²) < 4.78 is 0. The highest BCUT2D eigenvalue weighted by molar-refractivity contribution is 4.95. The molecule has 0 amide bonds. The lowest BCUT2D eigenvalue weighted by Gasteiger charge is -2.05. The second kappa shape index (κ2) is 3.64. The van der Waals surface area contributed by atoms with Crippen LogP contribution in [0.5, 0.6) is 0 Å². The van der Waals surface area contributed by atoms with Crippen molar-refractivity contribution in [2.24, 2.45) is 0 Å². The van der Waals surface area contributed by atoms with Gasteiger partial charge in [-0.15, -0.1) is 0 Å². The molecule has 0 aromatic rings. The van der Waals surface area contributed by atoms with Crippen LogP contribution in [0.15, 0.2) is 12.2 Å². The van der Waals surface area contributed by atoms with Gasteiger partial charge in [0.05, 0.1) is 6.10 Å². The largest absolute Gasteiger partial charge is 0.396 e. The van der Waals surface area contributed by atoms with Gasteiger partial charge in [0.15, 0.2) is 0 Å². The number of hydrogen-bond acceptors (Lipinski definition) is 2. The third-order valence-electron chi connectivity index (χ3n) is 0.971. The number of aliphatic hydroxyl groups is 2. The van der Waals surface area contributed by atoms with Crippen LogP contribution in [-0.2, 0) is 0 Å². The summed E-state index contributed by atoms with van der Waals surface area (Å²) in [6.07, 6.45) is -0.130. The minimum Gasteiger partial charge on any atom is -0.396 e. The van der Waals surface area contributed by atoms with E-state index in [1.54, 1.807) is 6.92 Å². The summed E-state index contributed by atoms with van der Waals surface area (Å²) in [4.78, 5) is 0. The topological polar surface area (TPSA) is 40.5 Å². The molecule has 0 heterocycles. The first-order valence-corrected chi connectivity index (χ1v) is 2.62. The molecule has 0 radical (unpaired) electrons. The molecule has 2 N–H and O–H groups in total. The highest BCUT2D eigenvalue weighted by atomic mass is 16.3. The van der Waals surface area contributed by atoms with E-state index >= 15 is 0 Å². The monoisotopic (exact) mass is 116 g/mol. The van der Waals surface area contributed by atoms with Crippen LogP contribution in [0.25, 0.3) is 0 Å². The van der Waals surface area contributed by atoms with E-state index < -0.39 is 6.10 Å². The Labute approximate surface area is 49.5 Å². The van der Waals surface area contributed by atoms with Crippen LogP contribution in [-0.4, -0.2) is 22.9 Å². The van der Waals surface area contributed by atoms with E-state index in [-0.39, 0.29) is 6.61 Å². The summed E-state index contributed by atoms with van der Waals surface area (Å²) in [6, 6.07) is 0. The highest BCUT2D eigenvalue weighted by Crippen LogP contribution is 2.00. The van der Waals surface area contributed by atoms with Gasteiger partial charge < -0.3 is 10.2 Å². The molecule has 0 aromatic carbocycles. The van der Waals surface area contributed by atoms with Crippen LogP contribution in [0.4, 0.5) is 0 Å². The van der Waals surface area contributed by atoms with Crippen molar-refractivity contribution in [3.8, 4) is 0 Å². The van der Waals surface area contributed by atoms with Gasteiger partial charge in [-0.1, -0.05) is 12.2 Å². The summed E-state index contributed by atoms with van der Waals surface area (Å²) >= 11 is 0. The van der Waals surface area contributed by atoms with E-state index in [1.165, 1.54) is 0 Å². The second-order valence-electron chi connectivity index (χ2n) is 1.87. The maximum absolute atomic E-state index is 8.87. The molecule has 0 unspecified atom stereocenters. The van der Waals surface area contributed by atoms with E-state index in [9.17, 15) is 0 Å². The molecular weight excluding hydrogens is 104 g/mol. The molecule has 0 fully saturated rings. The zero-order valence-electron chi connectivity index (χ0n) is 5.09. The van der Waals surface area contributed by atoms with E-state index in [4.69, 9.17) is 10.2 Å². The van der Waals surface area contributed by atoms with Gasteiger partial charge in [-0.2, -0.15) is 0 Å². The molecular formula is C6H12O2. The van der Waals surface area contributed by atoms with Gasteiger partial charge in [-0.05, 0) is 6.92 Å². The summed E-state index contributed by atoms with van der Waals surface area (Å²) in [5.41, 5.74) is 0.707. The summed E-state index contributed by atoms with van der Waals surface area (Å²) in [5, 5.41) is 17.2. The zero-order valence-corrected chi connectivity index (χ0v) is 5.09. The van der Waals surface area contributed by atoms with Gasteiger partial charge >= 0.3 is 0 Å². The average Bonchev–Trinajstić information content (AvgIpc) is 1.67. The Bertz CT molecular complexity index is 78.6. The molecule has 0 spiro atoms. The van der Waals surface area contributed by atoms with Crippen LogP contribution in [0.3, 0.4) is 0 Å². The molecule has 0 aliphatic rings. The molecule has 0 aromatic heterocycles. The first-order valence-electron chi connectivity index (χ1n) is 2.62. The molecule has 48 valence electrons. The highest BCUT2D eigenvalue weighted by Gasteiger charge is 2.00. The number of rotatable bonds is 3. The van der Waals surface area contributed by atoms with Crippen molar-refractivity contribution in [1.29, 1.82) is 0 Å². The molecule has 0 aliphatic carbocycles. The molecule has 2 heteroatoms. The van der Waals surface area contributed by atoms with Crippen molar-refractivity contribution >= 4 is 0 Å². The molecule has 0 aliphatic heterocycles. The third-order valence-corrected chi connectivity index (χ3v) is 0.971. The lowest BCUT2D eigenvalue weighted by Crippen LogP contribution is -2.08. The molecule has 0 rings (SSSR count). The number of aliphatic hydroxyl groups excluding tert-OH is 2. The smallest absolute Gasteiger partial charge is 0.0766 e. The maximum Gasteiger partial charge on any atom is 0.0766 e. The van der Waals surface area contributed by atoms with Crippen molar-refractivity contribution in [2.75, 3.05) is 6.61 Å². The predicted octanol–water partition coefficient (Wildman–Crippen LogP) is 0.306. The Kier molecular flexibility index (Phi) is 3.48. The Morgan fingerprint density at radius 1 is 1.75 bits per heavy atom. The molecule has 8 heavy (non-hydrogen) atoms. The average molecular weight is 116 g/mol. The SMILES string of the molecule is C=C(C)[C@H](O)CCO. The van der Waals surface area contributed by atoms with Gasteiger partial charge in [0.2, 0.25) is 0 Å². The first kappa shape index (κ1) is 7.66. The van der Waals surface area contributed by atoms with E-state index in [1.807, 2.05) is 0 Å². The summed E-state index contributed by atoms with van der Waals surface area (Å²) in [6.45, 7) is 5.27. The lowest BCUT2D eigenvalue weighted by atomic mass is 10.1. The molecule has 2 nitrogen and oxygen atoms in total. The maximum atomic E-state index is 8.87. The zero-order chi connectivity index (χ0) is 6.57. The van der Waals surface area contributed by atoms with Gasteiger partial charge in [0.1, 0.15) is 0 Å². The summed E-state index contributed by atoms with van der Waals surface area (Å²) in [5.74, 6) is 0. The van der Waals surface area contributed by atoms with Crippen molar-refractivity contribution < 1.29 is 10.2 Å². The third kappa shape index (κ3) is 2.77. The Balaban J connectivity index is 3.32. The summed E-state index contributed by atoms with van der Waals surface area (Å²) in [7, 11) is 0. The van der Waals surface area contributed by atoms with E-state index in [2.05, 4.69) is 6.58 Å². The fraction of sp³-hybridized carbons (Fsp3) is 0.667. The fourth-order valence-corrected chi connectivity index (χ4v) is 0.369. The number of hydrogen-bond donors (Lipinski definition) is 2. The molecule has 0 saturated carbocycles. The fourth-order valence-electron chi connectivity index (χ4n) is 0.369. The first-order chi connectivity index (χ1) is 3.68. The lowest BCUT2D eigenvalue weighted by molar-refractivity contribution is 0.161. The van der Waals surface area contributed by atoms with Crippen LogP contribution >= 0.6 is 0 Å². The Morgan fingerprint density at radius 3 is 2.38 bits per heavy atom. The predicted molar refractivity (Wildman–Crippen MR) is 32.5 cm³/mol. The van der Waals surface area contributed by atoms with Crippen LogP contribution in [0, 0.1) is 0 Å². The second-order valence-corrected chi connectivity index (χ2v) is 1.87. The molecule has 0 bridgehead atoms. The van der Waals surface area contributed by atoms with Crippen LogP contribution < -0.4 is 0 Å². The van der Waals surface area contributed by atoms with Crippen molar-refractivity contribution in [1.82, 2.24) is 0 Å². The molecule has 0 saturated heterocycles. The van der Waals surface area contributed by atoms with Crippen LogP contribution in [0.2, 0.25) is 0 Å². The van der Waals surface area contributed by atoms with E-state index in [0.29, 0.717) is 12.0 Å². The van der Waals surface area contributed by atoms with E-state index in [0.717, 1.165) is 0 Å². The minimum absolute atomic E-state index is 0.0219. The van der Waals surface area contributed by atoms with Gasteiger partial charge in [0, 0.05) is 13.0 Å². The standard InChI is InChI=1S/C6H12O2/c1-5(2)6(8)3-4-7/h6-8H,1,3-4H2,2H3/t6-/m1/s1. The van der Waals surface area contributed by atoms with Crippen molar-refractivity contribution in [3.63, 3.8) is 0 Å². The van der Waals surface area contributed by atoms with Gasteiger partial charge in [-0.3, -0.25) is 0 Å². The van der Waals surface area contributed by atoms with Gasteiger partial charge in [0.25, 0.3) is 0 Å². The Hall–Kier alpha value is -0.340.